The van der Waals surface area contributed by atoms with E-state index in [4.69, 9.17) is 17.0 Å². The van der Waals surface area contributed by atoms with Crippen LogP contribution in [0.1, 0.15) is 5.56 Å². The first-order valence-corrected chi connectivity index (χ1v) is 9.25. The Kier molecular flexibility index (Phi) is 6.76. The average molecular weight is 372 g/mol. The van der Waals surface area contributed by atoms with E-state index in [0.717, 1.165) is 56.6 Å². The van der Waals surface area contributed by atoms with Crippen LogP contribution >= 0.6 is 12.2 Å². The number of morpholine rings is 1. The number of para-hydroxylation sites is 1. The molecule has 0 bridgehead atoms. The summed E-state index contributed by atoms with van der Waals surface area (Å²) in [6.45, 7) is 7.45. The van der Waals surface area contributed by atoms with Gasteiger partial charge >= 0.3 is 0 Å². The van der Waals surface area contributed by atoms with Crippen molar-refractivity contribution in [2.24, 2.45) is 0 Å². The second-order valence-electron chi connectivity index (χ2n) is 6.21. The summed E-state index contributed by atoms with van der Waals surface area (Å²) in [4.78, 5) is 6.81. The van der Waals surface area contributed by atoms with Crippen LogP contribution < -0.4 is 16.0 Å². The maximum Gasteiger partial charge on any atom is 0.170 e. The summed E-state index contributed by atoms with van der Waals surface area (Å²) in [6, 6.07) is 12.0. The highest BCUT2D eigenvalue weighted by Crippen LogP contribution is 2.19. The second kappa shape index (κ2) is 9.47. The number of aromatic nitrogens is 1. The van der Waals surface area contributed by atoms with Crippen LogP contribution in [0.5, 0.6) is 0 Å². The Morgan fingerprint density at radius 3 is 2.73 bits per heavy atom. The van der Waals surface area contributed by atoms with Crippen LogP contribution in [0.2, 0.25) is 0 Å². The molecule has 6 nitrogen and oxygen atoms in total. The Morgan fingerprint density at radius 1 is 1.19 bits per heavy atom. The van der Waals surface area contributed by atoms with E-state index >= 15 is 0 Å². The molecule has 0 spiro atoms. The van der Waals surface area contributed by atoms with Crippen molar-refractivity contribution in [3.05, 3.63) is 48.2 Å². The molecule has 3 rings (SSSR count). The van der Waals surface area contributed by atoms with Gasteiger partial charge in [-0.1, -0.05) is 18.2 Å². The van der Waals surface area contributed by atoms with Crippen molar-refractivity contribution < 1.29 is 4.74 Å². The van der Waals surface area contributed by atoms with E-state index in [-0.39, 0.29) is 0 Å². The lowest BCUT2D eigenvalue weighted by molar-refractivity contribution is 0.0389. The first-order chi connectivity index (χ1) is 12.7. The summed E-state index contributed by atoms with van der Waals surface area (Å²) in [5.74, 6) is 0.802. The van der Waals surface area contributed by atoms with Crippen molar-refractivity contribution in [3.8, 4) is 0 Å². The fraction of sp³-hybridized carbons (Fsp3) is 0.368. The molecule has 138 valence electrons. The highest BCUT2D eigenvalue weighted by atomic mass is 32.1. The van der Waals surface area contributed by atoms with Crippen LogP contribution in [0.25, 0.3) is 0 Å². The number of ether oxygens (including phenoxy) is 1. The zero-order valence-corrected chi connectivity index (χ0v) is 15.8. The molecule has 26 heavy (non-hydrogen) atoms. The van der Waals surface area contributed by atoms with Crippen LogP contribution in [0.4, 0.5) is 17.2 Å². The Hall–Kier alpha value is -2.22. The number of anilines is 3. The van der Waals surface area contributed by atoms with E-state index < -0.39 is 0 Å². The fourth-order valence-corrected chi connectivity index (χ4v) is 2.94. The Labute approximate surface area is 160 Å². The number of nitrogens with zero attached hydrogens (tertiary/aromatic N) is 2. The summed E-state index contributed by atoms with van der Waals surface area (Å²) >= 11 is 5.35. The summed E-state index contributed by atoms with van der Waals surface area (Å²) in [5, 5.41) is 10.3. The number of thiocarbonyl (C=S) groups is 1. The van der Waals surface area contributed by atoms with Crippen LogP contribution in [0.15, 0.2) is 42.6 Å². The van der Waals surface area contributed by atoms with Gasteiger partial charge in [0.2, 0.25) is 0 Å². The van der Waals surface area contributed by atoms with E-state index in [9.17, 15) is 0 Å². The first kappa shape index (κ1) is 18.6. The molecule has 0 amide bonds. The van der Waals surface area contributed by atoms with E-state index in [0.29, 0.717) is 5.11 Å². The molecule has 0 atom stereocenters. The van der Waals surface area contributed by atoms with Crippen molar-refractivity contribution in [1.82, 2.24) is 15.2 Å². The smallest absolute Gasteiger partial charge is 0.170 e. The molecule has 1 saturated heterocycles. The lowest BCUT2D eigenvalue weighted by atomic mass is 10.2. The summed E-state index contributed by atoms with van der Waals surface area (Å²) in [5.41, 5.74) is 3.10. The molecule has 1 aromatic heterocycles. The maximum atomic E-state index is 5.35. The molecule has 3 N–H and O–H groups in total. The molecule has 0 unspecified atom stereocenters. The van der Waals surface area contributed by atoms with Crippen molar-refractivity contribution in [1.29, 1.82) is 0 Å². The van der Waals surface area contributed by atoms with Gasteiger partial charge in [0, 0.05) is 31.9 Å². The normalized spacial score (nSPS) is 14.7. The highest BCUT2D eigenvalue weighted by Gasteiger charge is 2.09. The van der Waals surface area contributed by atoms with Crippen LogP contribution in [-0.4, -0.2) is 54.4 Å². The number of pyridine rings is 1. The highest BCUT2D eigenvalue weighted by molar-refractivity contribution is 7.80. The Balaban J connectivity index is 1.43. The summed E-state index contributed by atoms with van der Waals surface area (Å²) in [6.07, 6.45) is 1.77. The summed E-state index contributed by atoms with van der Waals surface area (Å²) < 4.78 is 5.35. The zero-order chi connectivity index (χ0) is 18.2. The van der Waals surface area contributed by atoms with E-state index in [2.05, 4.69) is 38.8 Å². The minimum Gasteiger partial charge on any atom is -0.379 e. The quantitative estimate of drug-likeness (QED) is 0.675. The lowest BCUT2D eigenvalue weighted by Gasteiger charge is -2.26. The van der Waals surface area contributed by atoms with Crippen molar-refractivity contribution in [2.75, 3.05) is 50.0 Å². The third kappa shape index (κ3) is 5.66. The van der Waals surface area contributed by atoms with Gasteiger partial charge in [-0.15, -0.1) is 0 Å². The van der Waals surface area contributed by atoms with Crippen LogP contribution in [-0.2, 0) is 4.74 Å². The molecular formula is C19H25N5OS. The van der Waals surface area contributed by atoms with Crippen LogP contribution in [0, 0.1) is 6.92 Å². The van der Waals surface area contributed by atoms with Gasteiger partial charge in [0.05, 0.1) is 25.1 Å². The molecule has 7 heteroatoms. The van der Waals surface area contributed by atoms with Gasteiger partial charge in [0.1, 0.15) is 5.82 Å². The monoisotopic (exact) mass is 371 g/mol. The zero-order valence-electron chi connectivity index (χ0n) is 15.0. The fourth-order valence-electron chi connectivity index (χ4n) is 2.72. The van der Waals surface area contributed by atoms with Gasteiger partial charge in [-0.05, 0) is 42.9 Å². The maximum absolute atomic E-state index is 5.35. The predicted octanol–water partition coefficient (Wildman–Crippen LogP) is 2.75. The number of hydrogen-bond donors (Lipinski definition) is 3. The minimum atomic E-state index is 0.611. The van der Waals surface area contributed by atoms with Gasteiger partial charge in [-0.25, -0.2) is 4.98 Å². The van der Waals surface area contributed by atoms with E-state index in [1.165, 1.54) is 5.56 Å². The third-order valence-corrected chi connectivity index (χ3v) is 4.49. The molecule has 1 aromatic carbocycles. The molecule has 0 aliphatic carbocycles. The van der Waals surface area contributed by atoms with Crippen molar-refractivity contribution in [3.63, 3.8) is 0 Å². The van der Waals surface area contributed by atoms with Gasteiger partial charge in [-0.3, -0.25) is 4.90 Å². The lowest BCUT2D eigenvalue weighted by Crippen LogP contribution is -2.42. The molecule has 2 heterocycles. The Bertz CT molecular complexity index is 716. The Morgan fingerprint density at radius 2 is 2.00 bits per heavy atom. The molecule has 0 saturated carbocycles. The number of hydrogen-bond acceptors (Lipinski definition) is 5. The van der Waals surface area contributed by atoms with E-state index in [1.807, 2.05) is 30.3 Å². The average Bonchev–Trinajstić information content (AvgIpc) is 2.66. The van der Waals surface area contributed by atoms with Crippen LogP contribution in [0.3, 0.4) is 0 Å². The van der Waals surface area contributed by atoms with Gasteiger partial charge in [0.25, 0.3) is 0 Å². The number of benzene rings is 1. The van der Waals surface area contributed by atoms with Gasteiger partial charge < -0.3 is 20.7 Å². The molecule has 1 aliphatic heterocycles. The van der Waals surface area contributed by atoms with E-state index in [1.54, 1.807) is 6.20 Å². The number of nitrogens with one attached hydrogen (secondary N) is 3. The largest absolute Gasteiger partial charge is 0.379 e. The minimum absolute atomic E-state index is 0.611. The van der Waals surface area contributed by atoms with Crippen molar-refractivity contribution in [2.45, 2.75) is 6.92 Å². The number of rotatable bonds is 6. The van der Waals surface area contributed by atoms with Crippen molar-refractivity contribution >= 4 is 34.5 Å². The molecular weight excluding hydrogens is 346 g/mol. The number of aryl methyl sites for hydroxylation is 1. The third-order valence-electron chi connectivity index (χ3n) is 4.25. The van der Waals surface area contributed by atoms with Gasteiger partial charge in [-0.2, -0.15) is 0 Å². The molecule has 1 fully saturated rings. The topological polar surface area (TPSA) is 61.5 Å². The SMILES string of the molecule is Cc1ccccc1Nc1ccc(NC(=S)NCCN2CCOCC2)cn1. The molecule has 1 aliphatic rings. The van der Waals surface area contributed by atoms with Gasteiger partial charge in [0.15, 0.2) is 5.11 Å². The molecule has 0 radical (unpaired) electrons. The molecule has 2 aromatic rings. The first-order valence-electron chi connectivity index (χ1n) is 8.84. The second-order valence-corrected chi connectivity index (χ2v) is 6.62. The standard InChI is InChI=1S/C19H25N5OS/c1-15-4-2-3-5-17(15)23-18-7-6-16(14-21-18)22-19(26)20-8-9-24-10-12-25-13-11-24/h2-7,14H,8-13H2,1H3,(H,21,23)(H2,20,22,26). The predicted molar refractivity (Wildman–Crippen MR) is 110 cm³/mol. The summed E-state index contributed by atoms with van der Waals surface area (Å²) in [7, 11) is 0.